The van der Waals surface area contributed by atoms with E-state index in [4.69, 9.17) is 16.3 Å². The number of benzene rings is 1. The van der Waals surface area contributed by atoms with Crippen molar-refractivity contribution in [3.05, 3.63) is 56.2 Å². The highest BCUT2D eigenvalue weighted by atomic mass is 35.5. The third-order valence-corrected chi connectivity index (χ3v) is 4.77. The number of methoxy groups -OCH3 is 1. The molecule has 1 aromatic heterocycles. The van der Waals surface area contributed by atoms with E-state index in [9.17, 15) is 4.79 Å². The van der Waals surface area contributed by atoms with Gasteiger partial charge >= 0.3 is 0 Å². The Morgan fingerprint density at radius 3 is 3.00 bits per heavy atom. The van der Waals surface area contributed by atoms with E-state index in [0.29, 0.717) is 30.3 Å². The molecule has 0 aliphatic carbocycles. The Labute approximate surface area is 146 Å². The van der Waals surface area contributed by atoms with Crippen LogP contribution in [0.1, 0.15) is 36.0 Å². The molecule has 1 aliphatic rings. The Morgan fingerprint density at radius 1 is 1.42 bits per heavy atom. The summed E-state index contributed by atoms with van der Waals surface area (Å²) in [7, 11) is 1.62. The molecule has 1 aromatic carbocycles. The van der Waals surface area contributed by atoms with Gasteiger partial charge < -0.3 is 9.72 Å². The van der Waals surface area contributed by atoms with E-state index in [1.165, 1.54) is 0 Å². The molecule has 0 amide bonds. The maximum Gasteiger partial charge on any atom is 0.254 e. The molecule has 0 saturated heterocycles. The number of aromatic amines is 1. The van der Waals surface area contributed by atoms with Gasteiger partial charge in [-0.05, 0) is 24.5 Å². The van der Waals surface area contributed by atoms with Gasteiger partial charge in [0.05, 0.1) is 17.8 Å². The van der Waals surface area contributed by atoms with Crippen LogP contribution >= 0.6 is 11.6 Å². The van der Waals surface area contributed by atoms with Gasteiger partial charge in [0.2, 0.25) is 0 Å². The summed E-state index contributed by atoms with van der Waals surface area (Å²) >= 11 is 6.40. The van der Waals surface area contributed by atoms with Crippen molar-refractivity contribution in [3.8, 4) is 5.75 Å². The fourth-order valence-electron chi connectivity index (χ4n) is 3.11. The van der Waals surface area contributed by atoms with E-state index in [1.54, 1.807) is 7.11 Å². The zero-order chi connectivity index (χ0) is 17.1. The summed E-state index contributed by atoms with van der Waals surface area (Å²) in [6, 6.07) is 5.81. The van der Waals surface area contributed by atoms with E-state index in [1.807, 2.05) is 18.2 Å². The average molecular weight is 348 g/mol. The van der Waals surface area contributed by atoms with Crippen molar-refractivity contribution in [2.45, 2.75) is 39.3 Å². The van der Waals surface area contributed by atoms with Gasteiger partial charge in [-0.2, -0.15) is 0 Å². The first kappa shape index (κ1) is 17.0. The van der Waals surface area contributed by atoms with Crippen LogP contribution in [0, 0.1) is 0 Å². The number of nitrogens with zero attached hydrogens (tertiary/aromatic N) is 2. The molecule has 0 fully saturated rings. The van der Waals surface area contributed by atoms with Crippen LogP contribution in [0.2, 0.25) is 5.02 Å². The Bertz CT molecular complexity index is 788. The number of rotatable bonds is 5. The predicted molar refractivity (Wildman–Crippen MR) is 94.7 cm³/mol. The van der Waals surface area contributed by atoms with Crippen molar-refractivity contribution >= 4 is 11.6 Å². The van der Waals surface area contributed by atoms with E-state index < -0.39 is 0 Å². The summed E-state index contributed by atoms with van der Waals surface area (Å²) in [6.07, 6.45) is 2.47. The van der Waals surface area contributed by atoms with E-state index in [2.05, 4.69) is 21.8 Å². The summed E-state index contributed by atoms with van der Waals surface area (Å²) in [5.74, 6) is 1.47. The molecule has 3 rings (SSSR count). The number of hydrogen-bond donors (Lipinski definition) is 1. The molecule has 0 radical (unpaired) electrons. The Morgan fingerprint density at radius 2 is 2.25 bits per heavy atom. The molecule has 0 saturated carbocycles. The van der Waals surface area contributed by atoms with Crippen molar-refractivity contribution in [2.24, 2.45) is 0 Å². The van der Waals surface area contributed by atoms with E-state index in [0.717, 1.165) is 42.0 Å². The van der Waals surface area contributed by atoms with Gasteiger partial charge in [0.15, 0.2) is 0 Å². The number of aryl methyl sites for hydroxylation is 1. The monoisotopic (exact) mass is 347 g/mol. The van der Waals surface area contributed by atoms with Crippen LogP contribution in [0.15, 0.2) is 23.0 Å². The first-order valence-corrected chi connectivity index (χ1v) is 8.64. The van der Waals surface area contributed by atoms with E-state index >= 15 is 0 Å². The third-order valence-electron chi connectivity index (χ3n) is 4.35. The number of nitrogens with one attached hydrogen (secondary N) is 1. The van der Waals surface area contributed by atoms with Crippen LogP contribution in [0.5, 0.6) is 5.75 Å². The molecule has 0 atom stereocenters. The molecule has 0 bridgehead atoms. The average Bonchev–Trinajstić information content (AvgIpc) is 2.57. The van der Waals surface area contributed by atoms with Gasteiger partial charge in [-0.15, -0.1) is 0 Å². The molecule has 0 unspecified atom stereocenters. The van der Waals surface area contributed by atoms with Gasteiger partial charge in [-0.25, -0.2) is 4.98 Å². The number of H-pyrrole nitrogens is 1. The highest BCUT2D eigenvalue weighted by Crippen LogP contribution is 2.29. The first-order chi connectivity index (χ1) is 11.6. The van der Waals surface area contributed by atoms with Crippen molar-refractivity contribution in [3.63, 3.8) is 0 Å². The predicted octanol–water partition coefficient (Wildman–Crippen LogP) is 2.94. The summed E-state index contributed by atoms with van der Waals surface area (Å²) < 4.78 is 5.28. The van der Waals surface area contributed by atoms with Crippen LogP contribution < -0.4 is 10.3 Å². The fraction of sp³-hybridized carbons (Fsp3) is 0.444. The lowest BCUT2D eigenvalue weighted by molar-refractivity contribution is 0.239. The van der Waals surface area contributed by atoms with Crippen LogP contribution in [-0.2, 0) is 25.9 Å². The lowest BCUT2D eigenvalue weighted by Crippen LogP contribution is -2.35. The Kier molecular flexibility index (Phi) is 5.21. The maximum absolute atomic E-state index is 12.2. The van der Waals surface area contributed by atoms with Crippen molar-refractivity contribution in [1.29, 1.82) is 0 Å². The van der Waals surface area contributed by atoms with Crippen LogP contribution in [-0.4, -0.2) is 28.5 Å². The van der Waals surface area contributed by atoms with Crippen molar-refractivity contribution in [2.75, 3.05) is 13.7 Å². The smallest absolute Gasteiger partial charge is 0.254 e. The Hall–Kier alpha value is -1.85. The lowest BCUT2D eigenvalue weighted by Gasteiger charge is -2.28. The molecular weight excluding hydrogens is 326 g/mol. The van der Waals surface area contributed by atoms with Crippen molar-refractivity contribution < 1.29 is 4.74 Å². The first-order valence-electron chi connectivity index (χ1n) is 8.27. The maximum atomic E-state index is 12.2. The molecule has 2 aromatic rings. The molecule has 1 N–H and O–H groups in total. The molecule has 128 valence electrons. The van der Waals surface area contributed by atoms with Gasteiger partial charge in [0, 0.05) is 31.6 Å². The highest BCUT2D eigenvalue weighted by Gasteiger charge is 2.22. The summed E-state index contributed by atoms with van der Waals surface area (Å²) in [5.41, 5.74) is 2.76. The minimum absolute atomic E-state index is 0.0162. The number of fused-ring (bicyclic) bond motifs is 1. The third kappa shape index (κ3) is 3.47. The minimum Gasteiger partial charge on any atom is -0.495 e. The van der Waals surface area contributed by atoms with Crippen molar-refractivity contribution in [1.82, 2.24) is 14.9 Å². The topological polar surface area (TPSA) is 58.2 Å². The second kappa shape index (κ2) is 7.36. The molecule has 6 heteroatoms. The minimum atomic E-state index is 0.0162. The fourth-order valence-corrected chi connectivity index (χ4v) is 3.38. The van der Waals surface area contributed by atoms with Crippen LogP contribution in [0.4, 0.5) is 0 Å². The van der Waals surface area contributed by atoms with Gasteiger partial charge in [0.25, 0.3) is 5.56 Å². The number of hydrogen-bond acceptors (Lipinski definition) is 4. The van der Waals surface area contributed by atoms with Crippen LogP contribution in [0.25, 0.3) is 0 Å². The summed E-state index contributed by atoms with van der Waals surface area (Å²) in [5, 5.41) is 0.649. The summed E-state index contributed by atoms with van der Waals surface area (Å²) in [4.78, 5) is 22.0. The standard InChI is InChI=1S/C18H22ClN3O2/c1-3-5-16-20-14-11-22(9-8-13(14)18(23)21-16)10-12-6-4-7-15(24-2)17(12)19/h4,6-7H,3,5,8-11H2,1-2H3,(H,20,21,23). The molecule has 1 aliphatic heterocycles. The molecule has 5 nitrogen and oxygen atoms in total. The second-order valence-corrected chi connectivity index (χ2v) is 6.46. The number of aromatic nitrogens is 2. The summed E-state index contributed by atoms with van der Waals surface area (Å²) in [6.45, 7) is 4.28. The van der Waals surface area contributed by atoms with Crippen LogP contribution in [0.3, 0.4) is 0 Å². The SMILES string of the molecule is CCCc1nc2c(c(=O)[nH]1)CCN(Cc1cccc(OC)c1Cl)C2. The molecule has 24 heavy (non-hydrogen) atoms. The van der Waals surface area contributed by atoms with E-state index in [-0.39, 0.29) is 5.56 Å². The lowest BCUT2D eigenvalue weighted by atomic mass is 10.1. The Balaban J connectivity index is 1.81. The zero-order valence-corrected chi connectivity index (χ0v) is 14.8. The normalized spacial score (nSPS) is 14.5. The molecular formula is C18H22ClN3O2. The largest absolute Gasteiger partial charge is 0.495 e. The van der Waals surface area contributed by atoms with Gasteiger partial charge in [-0.1, -0.05) is 30.7 Å². The molecule has 0 spiro atoms. The quantitative estimate of drug-likeness (QED) is 0.903. The highest BCUT2D eigenvalue weighted by molar-refractivity contribution is 6.32. The molecule has 2 heterocycles. The van der Waals surface area contributed by atoms with Gasteiger partial charge in [0.1, 0.15) is 11.6 Å². The number of halogens is 1. The zero-order valence-electron chi connectivity index (χ0n) is 14.1. The van der Waals surface area contributed by atoms with Gasteiger partial charge in [-0.3, -0.25) is 9.69 Å². The number of ether oxygens (including phenoxy) is 1. The second-order valence-electron chi connectivity index (χ2n) is 6.08.